The second-order valence-corrected chi connectivity index (χ2v) is 8.47. The van der Waals surface area contributed by atoms with Gasteiger partial charge < -0.3 is 19.7 Å². The SMILES string of the molecule is Cc1ccc(COCc2ccc3c(c2)CN(C(=O)NC2CCCCC2)CCO3)cc1. The van der Waals surface area contributed by atoms with Crippen LogP contribution in [0, 0.1) is 6.92 Å². The van der Waals surface area contributed by atoms with Crippen molar-refractivity contribution in [1.29, 1.82) is 0 Å². The lowest BCUT2D eigenvalue weighted by molar-refractivity contribution is 0.107. The first-order valence-electron chi connectivity index (χ1n) is 11.1. The molecule has 0 radical (unpaired) electrons. The highest BCUT2D eigenvalue weighted by Crippen LogP contribution is 2.25. The van der Waals surface area contributed by atoms with Crippen molar-refractivity contribution in [1.82, 2.24) is 10.2 Å². The van der Waals surface area contributed by atoms with Crippen molar-refractivity contribution in [2.75, 3.05) is 13.2 Å². The molecular weight excluding hydrogens is 376 g/mol. The fourth-order valence-electron chi connectivity index (χ4n) is 4.19. The van der Waals surface area contributed by atoms with Crippen LogP contribution >= 0.6 is 0 Å². The molecule has 30 heavy (non-hydrogen) atoms. The Bertz CT molecular complexity index is 844. The largest absolute Gasteiger partial charge is 0.491 e. The number of ether oxygens (including phenoxy) is 2. The fraction of sp³-hybridized carbons (Fsp3) is 0.480. The van der Waals surface area contributed by atoms with E-state index in [1.165, 1.54) is 30.4 Å². The Morgan fingerprint density at radius 3 is 2.60 bits per heavy atom. The summed E-state index contributed by atoms with van der Waals surface area (Å²) in [5.41, 5.74) is 4.56. The molecule has 1 fully saturated rings. The number of aryl methyl sites for hydroxylation is 1. The normalized spacial score (nSPS) is 17.0. The average Bonchev–Trinajstić information content (AvgIpc) is 2.98. The third kappa shape index (κ3) is 5.54. The van der Waals surface area contributed by atoms with Crippen molar-refractivity contribution in [3.8, 4) is 5.75 Å². The van der Waals surface area contributed by atoms with E-state index in [1.54, 1.807) is 0 Å². The van der Waals surface area contributed by atoms with E-state index in [2.05, 4.69) is 42.6 Å². The van der Waals surface area contributed by atoms with Gasteiger partial charge in [0.05, 0.1) is 26.3 Å². The maximum atomic E-state index is 12.8. The molecule has 2 aromatic rings. The van der Waals surface area contributed by atoms with E-state index >= 15 is 0 Å². The number of nitrogens with zero attached hydrogens (tertiary/aromatic N) is 1. The zero-order chi connectivity index (χ0) is 20.8. The molecule has 4 rings (SSSR count). The highest BCUT2D eigenvalue weighted by molar-refractivity contribution is 5.74. The van der Waals surface area contributed by atoms with Gasteiger partial charge in [0, 0.05) is 11.6 Å². The third-order valence-corrected chi connectivity index (χ3v) is 5.98. The molecule has 0 unspecified atom stereocenters. The Kier molecular flexibility index (Phi) is 6.90. The number of amides is 2. The van der Waals surface area contributed by atoms with Crippen LogP contribution < -0.4 is 10.1 Å². The predicted molar refractivity (Wildman–Crippen MR) is 117 cm³/mol. The first-order chi connectivity index (χ1) is 14.7. The molecule has 0 atom stereocenters. The van der Waals surface area contributed by atoms with E-state index in [-0.39, 0.29) is 6.03 Å². The second kappa shape index (κ2) is 9.98. The topological polar surface area (TPSA) is 50.8 Å². The number of fused-ring (bicyclic) bond motifs is 1. The molecule has 1 N–H and O–H groups in total. The lowest BCUT2D eigenvalue weighted by atomic mass is 9.96. The zero-order valence-electron chi connectivity index (χ0n) is 17.9. The van der Waals surface area contributed by atoms with E-state index in [4.69, 9.17) is 9.47 Å². The van der Waals surface area contributed by atoms with Crippen molar-refractivity contribution in [2.24, 2.45) is 0 Å². The molecule has 5 heteroatoms. The zero-order valence-corrected chi connectivity index (χ0v) is 17.9. The smallest absolute Gasteiger partial charge is 0.318 e. The molecule has 0 saturated heterocycles. The predicted octanol–water partition coefficient (Wildman–Crippen LogP) is 4.95. The molecule has 0 spiro atoms. The minimum atomic E-state index is 0.0272. The molecule has 2 aliphatic rings. The van der Waals surface area contributed by atoms with Crippen LogP contribution in [0.2, 0.25) is 0 Å². The Balaban J connectivity index is 1.34. The Morgan fingerprint density at radius 2 is 1.80 bits per heavy atom. The van der Waals surface area contributed by atoms with Gasteiger partial charge in [-0.1, -0.05) is 55.2 Å². The summed E-state index contributed by atoms with van der Waals surface area (Å²) < 4.78 is 11.8. The van der Waals surface area contributed by atoms with E-state index in [1.807, 2.05) is 17.0 Å². The summed E-state index contributed by atoms with van der Waals surface area (Å²) in [7, 11) is 0. The molecule has 2 amide bonds. The summed E-state index contributed by atoms with van der Waals surface area (Å²) in [4.78, 5) is 14.7. The summed E-state index contributed by atoms with van der Waals surface area (Å²) in [5.74, 6) is 0.866. The molecule has 1 heterocycles. The van der Waals surface area contributed by atoms with Crippen LogP contribution in [0.1, 0.15) is 54.4 Å². The van der Waals surface area contributed by atoms with Crippen molar-refractivity contribution >= 4 is 6.03 Å². The number of hydrogen-bond donors (Lipinski definition) is 1. The molecule has 0 aromatic heterocycles. The molecule has 1 aliphatic heterocycles. The highest BCUT2D eigenvalue weighted by atomic mass is 16.5. The van der Waals surface area contributed by atoms with Gasteiger partial charge in [0.15, 0.2) is 0 Å². The van der Waals surface area contributed by atoms with Crippen LogP contribution in [0.5, 0.6) is 5.75 Å². The first-order valence-corrected chi connectivity index (χ1v) is 11.1. The monoisotopic (exact) mass is 408 g/mol. The molecule has 1 saturated carbocycles. The Hall–Kier alpha value is -2.53. The Morgan fingerprint density at radius 1 is 1.07 bits per heavy atom. The quantitative estimate of drug-likeness (QED) is 0.762. The second-order valence-electron chi connectivity index (χ2n) is 8.47. The van der Waals surface area contributed by atoms with Gasteiger partial charge in [0.25, 0.3) is 0 Å². The van der Waals surface area contributed by atoms with Crippen LogP contribution in [-0.2, 0) is 24.5 Å². The number of benzene rings is 2. The van der Waals surface area contributed by atoms with Crippen LogP contribution in [-0.4, -0.2) is 30.1 Å². The first kappa shape index (κ1) is 20.7. The molecule has 2 aromatic carbocycles. The molecule has 1 aliphatic carbocycles. The van der Waals surface area contributed by atoms with Gasteiger partial charge in [0.2, 0.25) is 0 Å². The molecule has 160 valence electrons. The van der Waals surface area contributed by atoms with Crippen LogP contribution in [0.15, 0.2) is 42.5 Å². The van der Waals surface area contributed by atoms with Crippen LogP contribution in [0.25, 0.3) is 0 Å². The van der Waals surface area contributed by atoms with Gasteiger partial charge in [-0.3, -0.25) is 0 Å². The Labute approximate surface area is 179 Å². The highest BCUT2D eigenvalue weighted by Gasteiger charge is 2.23. The summed E-state index contributed by atoms with van der Waals surface area (Å²) in [6, 6.07) is 14.9. The van der Waals surface area contributed by atoms with E-state index in [9.17, 15) is 4.79 Å². The van der Waals surface area contributed by atoms with E-state index in [0.29, 0.717) is 39.0 Å². The van der Waals surface area contributed by atoms with Crippen molar-refractivity contribution < 1.29 is 14.3 Å². The standard InChI is InChI=1S/C25H32N2O3/c1-19-7-9-20(10-8-19)17-29-18-21-11-12-24-22(15-21)16-27(13-14-30-24)25(28)26-23-5-3-2-4-6-23/h7-12,15,23H,2-6,13-14,16-18H2,1H3,(H,26,28). The summed E-state index contributed by atoms with van der Waals surface area (Å²) in [6.07, 6.45) is 5.89. The van der Waals surface area contributed by atoms with Crippen LogP contribution in [0.4, 0.5) is 4.79 Å². The number of rotatable bonds is 5. The fourth-order valence-corrected chi connectivity index (χ4v) is 4.19. The van der Waals surface area contributed by atoms with Gasteiger partial charge in [-0.15, -0.1) is 0 Å². The van der Waals surface area contributed by atoms with Gasteiger partial charge in [0.1, 0.15) is 12.4 Å². The van der Waals surface area contributed by atoms with Crippen molar-refractivity contribution in [2.45, 2.75) is 64.8 Å². The maximum Gasteiger partial charge on any atom is 0.318 e. The summed E-state index contributed by atoms with van der Waals surface area (Å²) >= 11 is 0. The molecular formula is C25H32N2O3. The number of urea groups is 1. The number of nitrogens with one attached hydrogen (secondary N) is 1. The third-order valence-electron chi connectivity index (χ3n) is 5.98. The molecule has 5 nitrogen and oxygen atoms in total. The number of carbonyl (C=O) groups is 1. The van der Waals surface area contributed by atoms with Gasteiger partial charge in [-0.05, 0) is 43.0 Å². The van der Waals surface area contributed by atoms with Crippen molar-refractivity contribution in [3.63, 3.8) is 0 Å². The van der Waals surface area contributed by atoms with Crippen molar-refractivity contribution in [3.05, 3.63) is 64.7 Å². The lowest BCUT2D eigenvalue weighted by Gasteiger charge is -2.27. The summed E-state index contributed by atoms with van der Waals surface area (Å²) in [5, 5.41) is 3.22. The van der Waals surface area contributed by atoms with Gasteiger partial charge >= 0.3 is 6.03 Å². The van der Waals surface area contributed by atoms with Crippen LogP contribution in [0.3, 0.4) is 0 Å². The number of hydrogen-bond acceptors (Lipinski definition) is 3. The minimum Gasteiger partial charge on any atom is -0.491 e. The lowest BCUT2D eigenvalue weighted by Crippen LogP contribution is -2.45. The average molecular weight is 409 g/mol. The number of carbonyl (C=O) groups excluding carboxylic acids is 1. The van der Waals surface area contributed by atoms with E-state index < -0.39 is 0 Å². The maximum absolute atomic E-state index is 12.8. The minimum absolute atomic E-state index is 0.0272. The van der Waals surface area contributed by atoms with E-state index in [0.717, 1.165) is 29.7 Å². The van der Waals surface area contributed by atoms with Gasteiger partial charge in [-0.25, -0.2) is 4.79 Å². The molecule has 0 bridgehead atoms. The summed E-state index contributed by atoms with van der Waals surface area (Å²) in [6.45, 7) is 4.90. The van der Waals surface area contributed by atoms with Gasteiger partial charge in [-0.2, -0.15) is 0 Å².